The fraction of sp³-hybridized carbons (Fsp3) is 0.429. The molecule has 18 heavy (non-hydrogen) atoms. The fourth-order valence-corrected chi connectivity index (χ4v) is 1.74. The first kappa shape index (κ1) is 14.4. The van der Waals surface area contributed by atoms with E-state index in [4.69, 9.17) is 5.11 Å². The molecule has 0 aliphatic heterocycles. The van der Waals surface area contributed by atoms with Crippen molar-refractivity contribution >= 4 is 11.8 Å². The zero-order valence-corrected chi connectivity index (χ0v) is 10.2. The van der Waals surface area contributed by atoms with Crippen molar-refractivity contribution in [2.75, 3.05) is 0 Å². The summed E-state index contributed by atoms with van der Waals surface area (Å²) in [5.74, 6) is -1.46. The Labute approximate surface area is 106 Å². The number of rotatable bonds is 8. The van der Waals surface area contributed by atoms with Crippen LogP contribution in [0.5, 0.6) is 0 Å². The minimum absolute atomic E-state index is 0.142. The average Bonchev–Trinajstić information content (AvgIpc) is 2.33. The highest BCUT2D eigenvalue weighted by atomic mass is 19.1. The van der Waals surface area contributed by atoms with Gasteiger partial charge in [-0.1, -0.05) is 25.0 Å². The molecule has 1 aromatic rings. The largest absolute Gasteiger partial charge is 0.481 e. The van der Waals surface area contributed by atoms with Gasteiger partial charge in [-0.3, -0.25) is 9.59 Å². The van der Waals surface area contributed by atoms with E-state index in [1.807, 2.05) is 0 Å². The lowest BCUT2D eigenvalue weighted by atomic mass is 10.0. The number of ketones is 1. The molecule has 0 saturated heterocycles. The summed E-state index contributed by atoms with van der Waals surface area (Å²) in [5, 5.41) is 8.44. The number of carbonyl (C=O) groups is 2. The van der Waals surface area contributed by atoms with Crippen molar-refractivity contribution in [1.82, 2.24) is 0 Å². The zero-order chi connectivity index (χ0) is 13.4. The molecule has 0 bridgehead atoms. The molecule has 0 radical (unpaired) electrons. The van der Waals surface area contributed by atoms with Crippen molar-refractivity contribution in [3.63, 3.8) is 0 Å². The minimum atomic E-state index is -0.794. The molecule has 4 heteroatoms. The van der Waals surface area contributed by atoms with Gasteiger partial charge in [-0.2, -0.15) is 0 Å². The summed E-state index contributed by atoms with van der Waals surface area (Å²) in [7, 11) is 0. The van der Waals surface area contributed by atoms with Gasteiger partial charge in [0, 0.05) is 12.8 Å². The number of Topliss-reactive ketones (excluding diaryl/α,β-unsaturated/α-hetero) is 1. The van der Waals surface area contributed by atoms with Gasteiger partial charge in [0.1, 0.15) is 5.82 Å². The van der Waals surface area contributed by atoms with Crippen molar-refractivity contribution < 1.29 is 19.1 Å². The van der Waals surface area contributed by atoms with E-state index in [0.717, 1.165) is 12.8 Å². The van der Waals surface area contributed by atoms with Crippen LogP contribution in [-0.4, -0.2) is 16.9 Å². The van der Waals surface area contributed by atoms with E-state index < -0.39 is 11.8 Å². The second-order valence-electron chi connectivity index (χ2n) is 4.21. The van der Waals surface area contributed by atoms with E-state index >= 15 is 0 Å². The quantitative estimate of drug-likeness (QED) is 0.569. The Morgan fingerprint density at radius 1 is 1.00 bits per heavy atom. The number of carboxylic acid groups (broad SMARTS) is 1. The Morgan fingerprint density at radius 2 is 1.61 bits per heavy atom. The molecular formula is C14H17FO3. The normalized spacial score (nSPS) is 10.3. The number of aliphatic carboxylic acids is 1. The smallest absolute Gasteiger partial charge is 0.303 e. The lowest BCUT2D eigenvalue weighted by Gasteiger charge is -2.02. The van der Waals surface area contributed by atoms with E-state index in [1.165, 1.54) is 12.1 Å². The van der Waals surface area contributed by atoms with Gasteiger partial charge in [-0.05, 0) is 25.0 Å². The SMILES string of the molecule is O=C(O)CCCCCCC(=O)c1ccccc1F. The van der Waals surface area contributed by atoms with Gasteiger partial charge in [-0.25, -0.2) is 4.39 Å². The second kappa shape index (κ2) is 7.58. The lowest BCUT2D eigenvalue weighted by Crippen LogP contribution is -2.02. The van der Waals surface area contributed by atoms with Gasteiger partial charge >= 0.3 is 5.97 Å². The number of carboxylic acids is 1. The van der Waals surface area contributed by atoms with E-state index in [0.29, 0.717) is 19.3 Å². The highest BCUT2D eigenvalue weighted by molar-refractivity contribution is 5.96. The van der Waals surface area contributed by atoms with Crippen molar-refractivity contribution in [2.45, 2.75) is 38.5 Å². The van der Waals surface area contributed by atoms with Crippen molar-refractivity contribution in [3.8, 4) is 0 Å². The number of benzene rings is 1. The second-order valence-corrected chi connectivity index (χ2v) is 4.21. The molecule has 98 valence electrons. The van der Waals surface area contributed by atoms with Gasteiger partial charge < -0.3 is 5.11 Å². The number of unbranched alkanes of at least 4 members (excludes halogenated alkanes) is 3. The predicted molar refractivity (Wildman–Crippen MR) is 66.1 cm³/mol. The molecule has 0 aromatic heterocycles. The molecule has 0 heterocycles. The summed E-state index contributed by atoms with van der Waals surface area (Å²) in [6.07, 6.45) is 3.37. The Bertz CT molecular complexity index is 415. The molecule has 1 rings (SSSR count). The number of hydrogen-bond donors (Lipinski definition) is 1. The Morgan fingerprint density at radius 3 is 2.22 bits per heavy atom. The first-order chi connectivity index (χ1) is 8.61. The van der Waals surface area contributed by atoms with Gasteiger partial charge in [0.05, 0.1) is 5.56 Å². The van der Waals surface area contributed by atoms with Gasteiger partial charge in [0.25, 0.3) is 0 Å². The first-order valence-electron chi connectivity index (χ1n) is 6.11. The average molecular weight is 252 g/mol. The highest BCUT2D eigenvalue weighted by Crippen LogP contribution is 2.12. The predicted octanol–water partition coefficient (Wildman–Crippen LogP) is 3.43. The molecule has 1 aromatic carbocycles. The first-order valence-corrected chi connectivity index (χ1v) is 6.11. The molecule has 0 atom stereocenters. The summed E-state index contributed by atoms with van der Waals surface area (Å²) < 4.78 is 13.3. The number of carbonyl (C=O) groups excluding carboxylic acids is 1. The van der Waals surface area contributed by atoms with Crippen LogP contribution >= 0.6 is 0 Å². The highest BCUT2D eigenvalue weighted by Gasteiger charge is 2.09. The molecule has 0 fully saturated rings. The van der Waals surface area contributed by atoms with E-state index in [2.05, 4.69) is 0 Å². The molecule has 1 N–H and O–H groups in total. The molecule has 0 spiro atoms. The lowest BCUT2D eigenvalue weighted by molar-refractivity contribution is -0.137. The maximum absolute atomic E-state index is 13.3. The van der Waals surface area contributed by atoms with Crippen LogP contribution in [0.1, 0.15) is 48.9 Å². The summed E-state index contributed by atoms with van der Waals surface area (Å²) in [6, 6.07) is 5.96. The third-order valence-electron chi connectivity index (χ3n) is 2.72. The Kier molecular flexibility index (Phi) is 6.05. The molecule has 0 aliphatic carbocycles. The topological polar surface area (TPSA) is 54.4 Å². The maximum Gasteiger partial charge on any atom is 0.303 e. The van der Waals surface area contributed by atoms with Crippen LogP contribution in [0.25, 0.3) is 0 Å². The molecule has 0 aliphatic rings. The number of hydrogen-bond acceptors (Lipinski definition) is 2. The summed E-state index contributed by atoms with van der Waals surface area (Å²) in [4.78, 5) is 21.9. The van der Waals surface area contributed by atoms with Crippen LogP contribution < -0.4 is 0 Å². The van der Waals surface area contributed by atoms with E-state index in [-0.39, 0.29) is 17.8 Å². The molecular weight excluding hydrogens is 235 g/mol. The molecule has 0 saturated carbocycles. The zero-order valence-electron chi connectivity index (χ0n) is 10.2. The summed E-state index contributed by atoms with van der Waals surface area (Å²) >= 11 is 0. The van der Waals surface area contributed by atoms with Crippen molar-refractivity contribution in [3.05, 3.63) is 35.6 Å². The standard InChI is InChI=1S/C14H17FO3/c15-12-8-6-5-7-11(12)13(16)9-3-1-2-4-10-14(17)18/h5-8H,1-4,9-10H2,(H,17,18). The van der Waals surface area contributed by atoms with Gasteiger partial charge in [0.15, 0.2) is 5.78 Å². The minimum Gasteiger partial charge on any atom is -0.481 e. The monoisotopic (exact) mass is 252 g/mol. The van der Waals surface area contributed by atoms with Crippen molar-refractivity contribution in [1.29, 1.82) is 0 Å². The third-order valence-corrected chi connectivity index (χ3v) is 2.72. The molecule has 3 nitrogen and oxygen atoms in total. The Hall–Kier alpha value is -1.71. The van der Waals surface area contributed by atoms with Crippen LogP contribution in [-0.2, 0) is 4.79 Å². The van der Waals surface area contributed by atoms with Crippen LogP contribution in [0.4, 0.5) is 4.39 Å². The van der Waals surface area contributed by atoms with Crippen molar-refractivity contribution in [2.24, 2.45) is 0 Å². The fourth-order valence-electron chi connectivity index (χ4n) is 1.74. The van der Waals surface area contributed by atoms with Crippen LogP contribution in [0.2, 0.25) is 0 Å². The van der Waals surface area contributed by atoms with Crippen LogP contribution in [0.3, 0.4) is 0 Å². The molecule has 0 amide bonds. The summed E-state index contributed by atoms with van der Waals surface area (Å²) in [6.45, 7) is 0. The Balaban J connectivity index is 2.22. The van der Waals surface area contributed by atoms with Gasteiger partial charge in [-0.15, -0.1) is 0 Å². The maximum atomic E-state index is 13.3. The van der Waals surface area contributed by atoms with Gasteiger partial charge in [0.2, 0.25) is 0 Å². The van der Waals surface area contributed by atoms with Crippen LogP contribution in [0.15, 0.2) is 24.3 Å². The summed E-state index contributed by atoms with van der Waals surface area (Å²) in [5.41, 5.74) is 0.142. The van der Waals surface area contributed by atoms with E-state index in [1.54, 1.807) is 12.1 Å². The molecule has 0 unspecified atom stereocenters. The third kappa shape index (κ3) is 5.08. The van der Waals surface area contributed by atoms with E-state index in [9.17, 15) is 14.0 Å². The van der Waals surface area contributed by atoms with Crippen LogP contribution in [0, 0.1) is 5.82 Å². The number of halogens is 1.